The van der Waals surface area contributed by atoms with Crippen LogP contribution in [0.25, 0.3) is 0 Å². The number of methoxy groups -OCH3 is 1. The second-order valence-electron chi connectivity index (χ2n) is 2.19. The van der Waals surface area contributed by atoms with Crippen molar-refractivity contribution in [3.05, 3.63) is 35.4 Å². The van der Waals surface area contributed by atoms with Crippen LogP contribution in [0.3, 0.4) is 0 Å². The normalized spacial score (nSPS) is 8.85. The number of rotatable bonds is 1. The molecule has 0 aliphatic heterocycles. The highest BCUT2D eigenvalue weighted by atomic mass is 35.5. The summed E-state index contributed by atoms with van der Waals surface area (Å²) in [7, 11) is 1.27. The first-order valence-electron chi connectivity index (χ1n) is 3.22. The first kappa shape index (κ1) is 11.8. The van der Waals surface area contributed by atoms with E-state index in [0.717, 1.165) is 18.2 Å². The first-order valence-corrected chi connectivity index (χ1v) is 3.22. The Balaban J connectivity index is 0.00000144. The third-order valence-electron chi connectivity index (χ3n) is 1.33. The zero-order chi connectivity index (χ0) is 9.14. The molecule has 13 heavy (non-hydrogen) atoms. The van der Waals surface area contributed by atoms with Gasteiger partial charge in [-0.3, -0.25) is 5.41 Å². The summed E-state index contributed by atoms with van der Waals surface area (Å²) in [6, 6.07) is 2.82. The Kier molecular flexibility index (Phi) is 4.34. The second kappa shape index (κ2) is 4.77. The van der Waals surface area contributed by atoms with Gasteiger partial charge in [-0.25, -0.2) is 8.78 Å². The Morgan fingerprint density at radius 1 is 1.23 bits per heavy atom. The molecule has 0 aliphatic carbocycles. The van der Waals surface area contributed by atoms with E-state index in [2.05, 4.69) is 4.74 Å². The average molecular weight is 208 g/mol. The average Bonchev–Trinajstić information content (AvgIpc) is 2.01. The van der Waals surface area contributed by atoms with E-state index in [1.165, 1.54) is 7.11 Å². The van der Waals surface area contributed by atoms with Crippen molar-refractivity contribution in [1.82, 2.24) is 0 Å². The van der Waals surface area contributed by atoms with Crippen molar-refractivity contribution in [2.24, 2.45) is 0 Å². The zero-order valence-corrected chi connectivity index (χ0v) is 7.62. The van der Waals surface area contributed by atoms with Gasteiger partial charge in [-0.1, -0.05) is 0 Å². The van der Waals surface area contributed by atoms with Gasteiger partial charge in [-0.2, -0.15) is 0 Å². The van der Waals surface area contributed by atoms with Crippen LogP contribution in [0.4, 0.5) is 8.78 Å². The molecule has 0 aromatic heterocycles. The van der Waals surface area contributed by atoms with Gasteiger partial charge in [0.05, 0.1) is 7.11 Å². The van der Waals surface area contributed by atoms with Crippen LogP contribution in [0.15, 0.2) is 18.2 Å². The molecule has 0 radical (unpaired) electrons. The zero-order valence-electron chi connectivity index (χ0n) is 6.80. The van der Waals surface area contributed by atoms with Crippen molar-refractivity contribution in [1.29, 1.82) is 5.41 Å². The van der Waals surface area contributed by atoms with E-state index in [0.29, 0.717) is 0 Å². The molecule has 1 aromatic carbocycles. The summed E-state index contributed by atoms with van der Waals surface area (Å²) in [4.78, 5) is 0. The maximum Gasteiger partial charge on any atom is 0.213 e. The van der Waals surface area contributed by atoms with Gasteiger partial charge in [0.2, 0.25) is 5.90 Å². The second-order valence-corrected chi connectivity index (χ2v) is 2.19. The third kappa shape index (κ3) is 2.99. The molecule has 0 aliphatic rings. The summed E-state index contributed by atoms with van der Waals surface area (Å²) in [5.41, 5.74) is 0.0926. The lowest BCUT2D eigenvalue weighted by Gasteiger charge is -2.01. The van der Waals surface area contributed by atoms with Crippen molar-refractivity contribution in [3.63, 3.8) is 0 Å². The topological polar surface area (TPSA) is 33.1 Å². The van der Waals surface area contributed by atoms with Gasteiger partial charge in [-0.05, 0) is 12.1 Å². The lowest BCUT2D eigenvalue weighted by molar-refractivity contribution is 0.400. The Hall–Kier alpha value is -1.16. The summed E-state index contributed by atoms with van der Waals surface area (Å²) in [6.07, 6.45) is 0. The van der Waals surface area contributed by atoms with E-state index in [4.69, 9.17) is 5.41 Å². The van der Waals surface area contributed by atoms with E-state index in [-0.39, 0.29) is 23.9 Å². The Bertz CT molecular complexity index is 297. The van der Waals surface area contributed by atoms with Crippen molar-refractivity contribution in [2.45, 2.75) is 0 Å². The molecule has 0 fully saturated rings. The molecule has 72 valence electrons. The van der Waals surface area contributed by atoms with Gasteiger partial charge in [0.1, 0.15) is 11.6 Å². The molecular weight excluding hydrogens is 200 g/mol. The molecule has 0 heterocycles. The molecule has 1 rings (SSSR count). The third-order valence-corrected chi connectivity index (χ3v) is 1.33. The van der Waals surface area contributed by atoms with Crippen LogP contribution in [0.1, 0.15) is 5.56 Å². The molecule has 2 nitrogen and oxygen atoms in total. The van der Waals surface area contributed by atoms with E-state index < -0.39 is 11.6 Å². The molecule has 0 amide bonds. The molecule has 0 bridgehead atoms. The van der Waals surface area contributed by atoms with Crippen LogP contribution in [0.2, 0.25) is 0 Å². The van der Waals surface area contributed by atoms with E-state index in [9.17, 15) is 8.78 Å². The van der Waals surface area contributed by atoms with Crippen LogP contribution < -0.4 is 0 Å². The van der Waals surface area contributed by atoms with Gasteiger partial charge in [0.25, 0.3) is 0 Å². The number of hydrogen-bond donors (Lipinski definition) is 1. The molecule has 0 spiro atoms. The van der Waals surface area contributed by atoms with Crippen molar-refractivity contribution >= 4 is 18.3 Å². The number of hydrogen-bond acceptors (Lipinski definition) is 2. The Morgan fingerprint density at radius 3 is 2.08 bits per heavy atom. The van der Waals surface area contributed by atoms with Crippen LogP contribution in [0.5, 0.6) is 0 Å². The van der Waals surface area contributed by atoms with Gasteiger partial charge in [-0.15, -0.1) is 12.4 Å². The summed E-state index contributed by atoms with van der Waals surface area (Å²) >= 11 is 0. The van der Waals surface area contributed by atoms with E-state index >= 15 is 0 Å². The van der Waals surface area contributed by atoms with Crippen molar-refractivity contribution in [3.8, 4) is 0 Å². The number of nitrogens with one attached hydrogen (secondary N) is 1. The van der Waals surface area contributed by atoms with Crippen molar-refractivity contribution < 1.29 is 13.5 Å². The minimum atomic E-state index is -0.716. The Labute approximate surface area is 80.4 Å². The van der Waals surface area contributed by atoms with Crippen LogP contribution >= 0.6 is 12.4 Å². The molecule has 5 heteroatoms. The van der Waals surface area contributed by atoms with Gasteiger partial charge >= 0.3 is 0 Å². The minimum Gasteiger partial charge on any atom is -0.481 e. The highest BCUT2D eigenvalue weighted by Gasteiger charge is 2.04. The highest BCUT2D eigenvalue weighted by Crippen LogP contribution is 2.08. The number of halogens is 3. The van der Waals surface area contributed by atoms with Crippen LogP contribution in [-0.4, -0.2) is 13.0 Å². The van der Waals surface area contributed by atoms with E-state index in [1.54, 1.807) is 0 Å². The van der Waals surface area contributed by atoms with E-state index in [1.807, 2.05) is 0 Å². The SMILES string of the molecule is COC(=N)c1cc(F)cc(F)c1.Cl. The van der Waals surface area contributed by atoms with Gasteiger partial charge in [0.15, 0.2) is 0 Å². The molecule has 1 N–H and O–H groups in total. The maximum atomic E-state index is 12.5. The molecule has 0 atom stereocenters. The molecular formula is C8H8ClF2NO. The number of benzene rings is 1. The quantitative estimate of drug-likeness (QED) is 0.557. The largest absolute Gasteiger partial charge is 0.481 e. The fourth-order valence-corrected chi connectivity index (χ4v) is 0.803. The van der Waals surface area contributed by atoms with Crippen molar-refractivity contribution in [2.75, 3.05) is 7.11 Å². The van der Waals surface area contributed by atoms with Gasteiger partial charge in [0, 0.05) is 11.6 Å². The molecule has 0 saturated carbocycles. The molecule has 1 aromatic rings. The smallest absolute Gasteiger partial charge is 0.213 e. The first-order chi connectivity index (χ1) is 5.63. The van der Waals surface area contributed by atoms with Crippen LogP contribution in [-0.2, 0) is 4.74 Å². The van der Waals surface area contributed by atoms with Crippen LogP contribution in [0, 0.1) is 17.0 Å². The highest BCUT2D eigenvalue weighted by molar-refractivity contribution is 5.91. The molecule has 0 saturated heterocycles. The predicted molar refractivity (Wildman–Crippen MR) is 47.4 cm³/mol. The fourth-order valence-electron chi connectivity index (χ4n) is 0.803. The lowest BCUT2D eigenvalue weighted by Crippen LogP contribution is -2.02. The monoisotopic (exact) mass is 207 g/mol. The predicted octanol–water partition coefficient (Wildman–Crippen LogP) is 2.36. The summed E-state index contributed by atoms with van der Waals surface area (Å²) in [5.74, 6) is -1.69. The summed E-state index contributed by atoms with van der Waals surface area (Å²) in [6.45, 7) is 0. The fraction of sp³-hybridized carbons (Fsp3) is 0.125. The summed E-state index contributed by atoms with van der Waals surface area (Å²) in [5, 5.41) is 7.12. The minimum absolute atomic E-state index is 0. The van der Waals surface area contributed by atoms with Gasteiger partial charge < -0.3 is 4.74 Å². The lowest BCUT2D eigenvalue weighted by atomic mass is 10.2. The summed E-state index contributed by atoms with van der Waals surface area (Å²) < 4.78 is 29.6. The Morgan fingerprint density at radius 2 is 1.69 bits per heavy atom. The number of ether oxygens (including phenoxy) is 1. The maximum absolute atomic E-state index is 12.5. The molecule has 0 unspecified atom stereocenters. The standard InChI is InChI=1S/C8H7F2NO.ClH/c1-12-8(11)5-2-6(9)4-7(10)3-5;/h2-4,11H,1H3;1H.